The molecule has 3 N–H and O–H groups in total. The first-order valence-electron chi connectivity index (χ1n) is 11.6. The number of pyridine rings is 1. The average molecular weight is 483 g/mol. The first kappa shape index (κ1) is 25.9. The molecule has 186 valence electrons. The van der Waals surface area contributed by atoms with Gasteiger partial charge in [0.25, 0.3) is 5.91 Å². The molecule has 1 aromatic heterocycles. The monoisotopic (exact) mass is 482 g/mol. The third-order valence-electron chi connectivity index (χ3n) is 5.95. The maximum absolute atomic E-state index is 13.3. The van der Waals surface area contributed by atoms with Crippen LogP contribution < -0.4 is 20.1 Å². The van der Waals surface area contributed by atoms with Crippen LogP contribution in [0, 0.1) is 0 Å². The number of hydrogen-bond acceptors (Lipinski definition) is 6. The van der Waals surface area contributed by atoms with E-state index in [9.17, 15) is 19.5 Å². The molecule has 0 saturated heterocycles. The molecule has 35 heavy (non-hydrogen) atoms. The van der Waals surface area contributed by atoms with E-state index >= 15 is 0 Å². The molecule has 9 nitrogen and oxygen atoms in total. The number of aryl methyl sites for hydroxylation is 1. The van der Waals surface area contributed by atoms with E-state index in [4.69, 9.17) is 9.57 Å². The number of nitrogens with one attached hydrogen (secondary N) is 2. The van der Waals surface area contributed by atoms with E-state index in [1.54, 1.807) is 42.9 Å². The molecule has 0 aliphatic carbocycles. The van der Waals surface area contributed by atoms with Gasteiger partial charge in [0.2, 0.25) is 0 Å². The Balaban J connectivity index is 1.79. The first-order valence-corrected chi connectivity index (χ1v) is 11.6. The number of hydrogen-bond donors (Lipinski definition) is 3. The zero-order valence-corrected chi connectivity index (χ0v) is 20.4. The fourth-order valence-electron chi connectivity index (χ4n) is 3.87. The van der Waals surface area contributed by atoms with Crippen LogP contribution in [-0.2, 0) is 26.3 Å². The fourth-order valence-corrected chi connectivity index (χ4v) is 3.87. The quantitative estimate of drug-likeness (QED) is 0.421. The van der Waals surface area contributed by atoms with Crippen LogP contribution in [0.25, 0.3) is 5.70 Å². The molecule has 0 spiro atoms. The Morgan fingerprint density at radius 2 is 1.89 bits per heavy atom. The van der Waals surface area contributed by atoms with Crippen LogP contribution in [0.3, 0.4) is 0 Å². The molecule has 0 radical (unpaired) electrons. The van der Waals surface area contributed by atoms with Crippen LogP contribution in [0.2, 0.25) is 0 Å². The molecule has 3 rings (SSSR count). The van der Waals surface area contributed by atoms with Gasteiger partial charge in [-0.2, -0.15) is 4.57 Å². The molecule has 9 heteroatoms. The Kier molecular flexibility index (Phi) is 8.24. The normalized spacial score (nSPS) is 17.9. The van der Waals surface area contributed by atoms with Crippen LogP contribution >= 0.6 is 0 Å². The second-order valence-electron chi connectivity index (χ2n) is 8.78. The lowest BCUT2D eigenvalue weighted by Gasteiger charge is -2.25. The third kappa shape index (κ3) is 6.05. The average Bonchev–Trinajstić information content (AvgIpc) is 3.28. The van der Waals surface area contributed by atoms with Gasteiger partial charge in [0.05, 0.1) is 18.2 Å². The summed E-state index contributed by atoms with van der Waals surface area (Å²) in [7, 11) is 1.76. The molecule has 1 amide bonds. The van der Waals surface area contributed by atoms with Gasteiger partial charge >= 0.3 is 11.8 Å². The van der Waals surface area contributed by atoms with Crippen LogP contribution in [0.15, 0.2) is 54.7 Å². The number of aromatic nitrogens is 1. The van der Waals surface area contributed by atoms with Crippen LogP contribution in [0.4, 0.5) is 0 Å². The Morgan fingerprint density at radius 1 is 1.17 bits per heavy atom. The lowest BCUT2D eigenvalue weighted by molar-refractivity contribution is -0.677. The van der Waals surface area contributed by atoms with Gasteiger partial charge in [-0.05, 0) is 30.0 Å². The first-order chi connectivity index (χ1) is 16.7. The number of rotatable bonds is 11. The summed E-state index contributed by atoms with van der Waals surface area (Å²) in [6.45, 7) is 5.54. The molecule has 0 fully saturated rings. The van der Waals surface area contributed by atoms with Crippen molar-refractivity contribution in [1.29, 1.82) is 0 Å². The van der Waals surface area contributed by atoms with Crippen molar-refractivity contribution < 1.29 is 33.6 Å². The highest BCUT2D eigenvalue weighted by atomic mass is 16.7. The third-order valence-corrected chi connectivity index (χ3v) is 5.95. The molecule has 2 atom stereocenters. The molecular formula is C26H32N3O6+. The van der Waals surface area contributed by atoms with Gasteiger partial charge in [-0.3, -0.25) is 24.7 Å². The maximum Gasteiger partial charge on any atom is 0.367 e. The molecule has 1 unspecified atom stereocenters. The smallest absolute Gasteiger partial charge is 0.367 e. The van der Waals surface area contributed by atoms with Gasteiger partial charge < -0.3 is 15.2 Å². The number of Topliss-reactive ketones (excluding diaryl/α,β-unsaturated/α-hetero) is 1. The van der Waals surface area contributed by atoms with Gasteiger partial charge in [0.15, 0.2) is 24.2 Å². The number of amides is 1. The molecule has 0 bridgehead atoms. The van der Waals surface area contributed by atoms with E-state index in [1.807, 2.05) is 30.3 Å². The van der Waals surface area contributed by atoms with Crippen molar-refractivity contribution in [2.24, 2.45) is 7.05 Å². The number of carboxylic acid groups (broad SMARTS) is 1. The summed E-state index contributed by atoms with van der Waals surface area (Å²) < 4.78 is 7.23. The van der Waals surface area contributed by atoms with Crippen molar-refractivity contribution in [2.45, 2.75) is 51.2 Å². The number of carbonyl (C=O) groups excluding carboxylic acids is 2. The van der Waals surface area contributed by atoms with E-state index in [1.165, 1.54) is 0 Å². The van der Waals surface area contributed by atoms with Gasteiger partial charge in [-0.1, -0.05) is 45.0 Å². The summed E-state index contributed by atoms with van der Waals surface area (Å²) in [4.78, 5) is 43.3. The standard InChI is InChI=1S/C26H31N3O6/c1-5-26(15-21(28-35-26)19-11-7-6-10-18(19)17(2)3)25(33)27-20(14-24(31)32)22(30)16-34-23-12-8-9-13-29(23)4/h6-13,15,17,20,28H,5,14,16H2,1-4H3,(H-,27,31,32,33)/p+1/t20-,26?/m0/s1. The lowest BCUT2D eigenvalue weighted by atomic mass is 9.92. The van der Waals surface area contributed by atoms with Gasteiger partial charge in [-0.25, -0.2) is 0 Å². The number of ketones is 1. The number of carboxylic acids is 1. The second-order valence-corrected chi connectivity index (χ2v) is 8.78. The molecule has 1 aliphatic rings. The highest BCUT2D eigenvalue weighted by Gasteiger charge is 2.43. The number of hydroxylamine groups is 1. The van der Waals surface area contributed by atoms with Crippen LogP contribution in [0.5, 0.6) is 5.88 Å². The molecular weight excluding hydrogens is 450 g/mol. The summed E-state index contributed by atoms with van der Waals surface area (Å²) in [6.07, 6.45) is 3.14. The molecule has 1 aliphatic heterocycles. The van der Waals surface area contributed by atoms with Crippen molar-refractivity contribution in [2.75, 3.05) is 6.61 Å². The molecule has 2 heterocycles. The predicted octanol–water partition coefficient (Wildman–Crippen LogP) is 2.27. The summed E-state index contributed by atoms with van der Waals surface area (Å²) in [5.41, 5.74) is 4.10. The largest absolute Gasteiger partial charge is 0.481 e. The second kappa shape index (κ2) is 11.1. The zero-order chi connectivity index (χ0) is 25.6. The summed E-state index contributed by atoms with van der Waals surface area (Å²) in [5, 5.41) is 11.9. The summed E-state index contributed by atoms with van der Waals surface area (Å²) in [5.74, 6) is -1.69. The van der Waals surface area contributed by atoms with Gasteiger partial charge in [0.1, 0.15) is 13.1 Å². The van der Waals surface area contributed by atoms with Crippen molar-refractivity contribution in [3.8, 4) is 5.88 Å². The topological polar surface area (TPSA) is 118 Å². The Morgan fingerprint density at radius 3 is 2.54 bits per heavy atom. The fraction of sp³-hybridized carbons (Fsp3) is 0.385. The van der Waals surface area contributed by atoms with E-state index in [0.29, 0.717) is 11.6 Å². The molecule has 1 aromatic carbocycles. The van der Waals surface area contributed by atoms with Crippen molar-refractivity contribution in [3.63, 3.8) is 0 Å². The molecule has 0 saturated carbocycles. The van der Waals surface area contributed by atoms with E-state index in [2.05, 4.69) is 24.6 Å². The molecule has 2 aromatic rings. The van der Waals surface area contributed by atoms with Crippen molar-refractivity contribution in [3.05, 3.63) is 65.9 Å². The van der Waals surface area contributed by atoms with Gasteiger partial charge in [0, 0.05) is 11.6 Å². The minimum Gasteiger partial charge on any atom is -0.481 e. The minimum absolute atomic E-state index is 0.253. The Labute approximate surface area is 204 Å². The number of benzene rings is 1. The van der Waals surface area contributed by atoms with E-state index in [0.717, 1.165) is 11.1 Å². The maximum atomic E-state index is 13.3. The van der Waals surface area contributed by atoms with E-state index in [-0.39, 0.29) is 12.3 Å². The Hall–Kier alpha value is -3.72. The van der Waals surface area contributed by atoms with Gasteiger partial charge in [-0.15, -0.1) is 0 Å². The SMILES string of the molecule is CCC1(C(=O)N[C@@H](CC(=O)O)C(=O)COc2cccc[n+]2C)C=C(c2ccccc2C(C)C)NO1. The van der Waals surface area contributed by atoms with E-state index < -0.39 is 42.3 Å². The number of ether oxygens (including phenoxy) is 1. The number of nitrogens with zero attached hydrogens (tertiary/aromatic N) is 1. The predicted molar refractivity (Wildman–Crippen MR) is 128 cm³/mol. The number of carbonyl (C=O) groups is 3. The van der Waals surface area contributed by atoms with Crippen LogP contribution in [0.1, 0.15) is 50.7 Å². The highest BCUT2D eigenvalue weighted by molar-refractivity contribution is 5.97. The highest BCUT2D eigenvalue weighted by Crippen LogP contribution is 2.32. The zero-order valence-electron chi connectivity index (χ0n) is 20.4. The Bertz CT molecular complexity index is 1130. The van der Waals surface area contributed by atoms with Crippen LogP contribution in [-0.4, -0.2) is 41.0 Å². The summed E-state index contributed by atoms with van der Waals surface area (Å²) >= 11 is 0. The van der Waals surface area contributed by atoms with Crippen molar-refractivity contribution in [1.82, 2.24) is 10.8 Å². The lowest BCUT2D eigenvalue weighted by Crippen LogP contribution is -2.53. The minimum atomic E-state index is -1.40. The number of aliphatic carboxylic acids is 1. The van der Waals surface area contributed by atoms with Crippen molar-refractivity contribution >= 4 is 23.4 Å². The summed E-state index contributed by atoms with van der Waals surface area (Å²) in [6, 6.07) is 11.8.